The number of carbonyl (C=O) groups is 1. The number of benzene rings is 1. The first kappa shape index (κ1) is 19.3. The summed E-state index contributed by atoms with van der Waals surface area (Å²) in [7, 11) is 4.75. The van der Waals surface area contributed by atoms with Crippen LogP contribution in [0.2, 0.25) is 4.34 Å². The molecule has 0 aliphatic heterocycles. The van der Waals surface area contributed by atoms with Crippen LogP contribution in [0.5, 0.6) is 11.5 Å². The van der Waals surface area contributed by atoms with E-state index in [2.05, 4.69) is 5.32 Å². The maximum Gasteiger partial charge on any atom is 0.244 e. The van der Waals surface area contributed by atoms with E-state index in [0.29, 0.717) is 22.4 Å². The van der Waals surface area contributed by atoms with Crippen LogP contribution in [0.15, 0.2) is 36.4 Å². The molecule has 1 aromatic carbocycles. The monoisotopic (exact) mass is 381 g/mol. The first-order valence-electron chi connectivity index (χ1n) is 7.53. The largest absolute Gasteiger partial charge is 0.493 e. The van der Waals surface area contributed by atoms with Crippen LogP contribution in [0.3, 0.4) is 0 Å². The van der Waals surface area contributed by atoms with E-state index in [1.165, 1.54) is 17.4 Å². The van der Waals surface area contributed by atoms with Crippen molar-refractivity contribution in [3.63, 3.8) is 0 Å². The lowest BCUT2D eigenvalue weighted by Gasteiger charge is -2.13. The van der Waals surface area contributed by atoms with Crippen LogP contribution in [0.1, 0.15) is 16.5 Å². The molecule has 0 fully saturated rings. The number of hydrogen-bond donors (Lipinski definition) is 1. The Morgan fingerprint density at radius 3 is 2.56 bits per heavy atom. The summed E-state index contributed by atoms with van der Waals surface area (Å²) in [5, 5.41) is 2.82. The Hall–Kier alpha value is -2.02. The number of carbonyl (C=O) groups excluding carboxylic acids is 1. The average Bonchev–Trinajstić information content (AvgIpc) is 3.06. The number of halogens is 1. The van der Waals surface area contributed by atoms with Crippen molar-refractivity contribution in [3.05, 3.63) is 51.2 Å². The molecule has 1 aromatic heterocycles. The molecule has 0 aliphatic carbocycles. The Balaban J connectivity index is 1.94. The van der Waals surface area contributed by atoms with Crippen LogP contribution < -0.4 is 14.8 Å². The van der Waals surface area contributed by atoms with Crippen molar-refractivity contribution in [1.29, 1.82) is 0 Å². The molecule has 1 heterocycles. The maximum absolute atomic E-state index is 12.0. The second-order valence-corrected chi connectivity index (χ2v) is 6.81. The fourth-order valence-electron chi connectivity index (χ4n) is 2.18. The molecule has 1 amide bonds. The summed E-state index contributed by atoms with van der Waals surface area (Å²) < 4.78 is 16.5. The van der Waals surface area contributed by atoms with E-state index in [0.717, 1.165) is 10.4 Å². The lowest BCUT2D eigenvalue weighted by Crippen LogP contribution is -2.27. The van der Waals surface area contributed by atoms with Gasteiger partial charge < -0.3 is 19.5 Å². The van der Waals surface area contributed by atoms with Gasteiger partial charge in [0.2, 0.25) is 5.91 Å². The van der Waals surface area contributed by atoms with Gasteiger partial charge in [-0.2, -0.15) is 0 Å². The summed E-state index contributed by atoms with van der Waals surface area (Å²) in [5.74, 6) is 1.04. The molecule has 0 saturated heterocycles. The van der Waals surface area contributed by atoms with Crippen molar-refractivity contribution in [2.24, 2.45) is 0 Å². The highest BCUT2D eigenvalue weighted by atomic mass is 35.5. The molecule has 0 saturated carbocycles. The van der Waals surface area contributed by atoms with Crippen molar-refractivity contribution in [2.75, 3.05) is 27.9 Å². The summed E-state index contributed by atoms with van der Waals surface area (Å²) in [4.78, 5) is 13.0. The zero-order chi connectivity index (χ0) is 18.2. The second-order valence-electron chi connectivity index (χ2n) is 5.06. The summed E-state index contributed by atoms with van der Waals surface area (Å²) in [6, 6.07) is 9.14. The number of rotatable bonds is 8. The number of thiophene rings is 1. The molecule has 0 radical (unpaired) electrons. The van der Waals surface area contributed by atoms with Gasteiger partial charge in [-0.3, -0.25) is 4.79 Å². The third-order valence-electron chi connectivity index (χ3n) is 3.49. The molecule has 0 bridgehead atoms. The highest BCUT2D eigenvalue weighted by Crippen LogP contribution is 2.29. The molecule has 7 heteroatoms. The molecule has 2 aromatic rings. The van der Waals surface area contributed by atoms with Gasteiger partial charge in [0.1, 0.15) is 6.10 Å². The average molecular weight is 382 g/mol. The van der Waals surface area contributed by atoms with Gasteiger partial charge in [0, 0.05) is 24.6 Å². The summed E-state index contributed by atoms with van der Waals surface area (Å²) >= 11 is 7.37. The van der Waals surface area contributed by atoms with Crippen molar-refractivity contribution in [3.8, 4) is 11.5 Å². The van der Waals surface area contributed by atoms with Gasteiger partial charge >= 0.3 is 0 Å². The molecular formula is C18H20ClNO4S. The molecule has 25 heavy (non-hydrogen) atoms. The van der Waals surface area contributed by atoms with E-state index in [9.17, 15) is 4.79 Å². The van der Waals surface area contributed by atoms with Gasteiger partial charge in [-0.1, -0.05) is 17.7 Å². The molecular weight excluding hydrogens is 362 g/mol. The highest BCUT2D eigenvalue weighted by Gasteiger charge is 2.13. The van der Waals surface area contributed by atoms with E-state index in [4.69, 9.17) is 25.8 Å². The molecule has 5 nitrogen and oxygen atoms in total. The van der Waals surface area contributed by atoms with E-state index >= 15 is 0 Å². The van der Waals surface area contributed by atoms with Crippen molar-refractivity contribution in [1.82, 2.24) is 5.32 Å². The van der Waals surface area contributed by atoms with E-state index < -0.39 is 0 Å². The Morgan fingerprint density at radius 1 is 1.20 bits per heavy atom. The van der Waals surface area contributed by atoms with Crippen LogP contribution in [-0.2, 0) is 9.53 Å². The third-order valence-corrected chi connectivity index (χ3v) is 4.82. The maximum atomic E-state index is 12.0. The minimum atomic E-state index is -0.226. The zero-order valence-electron chi connectivity index (χ0n) is 14.2. The fraction of sp³-hybridized carbons (Fsp3) is 0.278. The van der Waals surface area contributed by atoms with Crippen LogP contribution >= 0.6 is 22.9 Å². The predicted octanol–water partition coefficient (Wildman–Crippen LogP) is 3.94. The SMILES string of the molecule is COc1ccc(/C=C/C(=O)NC[C@H](OC)c2ccc(Cl)s2)cc1OC. The minimum absolute atomic E-state index is 0.209. The van der Waals surface area contributed by atoms with Gasteiger partial charge in [0.25, 0.3) is 0 Å². The smallest absolute Gasteiger partial charge is 0.244 e. The van der Waals surface area contributed by atoms with Crippen molar-refractivity contribution < 1.29 is 19.0 Å². The van der Waals surface area contributed by atoms with Gasteiger partial charge in [0.15, 0.2) is 11.5 Å². The number of hydrogen-bond acceptors (Lipinski definition) is 5. The quantitative estimate of drug-likeness (QED) is 0.704. The molecule has 1 atom stereocenters. The summed E-state index contributed by atoms with van der Waals surface area (Å²) in [6.45, 7) is 0.364. The molecule has 1 N–H and O–H groups in total. The number of methoxy groups -OCH3 is 3. The summed E-state index contributed by atoms with van der Waals surface area (Å²) in [6.07, 6.45) is 2.95. The molecule has 134 valence electrons. The van der Waals surface area contributed by atoms with Crippen LogP contribution in [0, 0.1) is 0 Å². The first-order chi connectivity index (χ1) is 12.1. The topological polar surface area (TPSA) is 56.8 Å². The third kappa shape index (κ3) is 5.49. The normalized spacial score (nSPS) is 12.2. The molecule has 0 spiro atoms. The van der Waals surface area contributed by atoms with Gasteiger partial charge in [-0.05, 0) is 35.9 Å². The van der Waals surface area contributed by atoms with Gasteiger partial charge in [0.05, 0.1) is 18.6 Å². The minimum Gasteiger partial charge on any atom is -0.493 e. The fourth-order valence-corrected chi connectivity index (χ4v) is 3.32. The highest BCUT2D eigenvalue weighted by molar-refractivity contribution is 7.16. The standard InChI is InChI=1S/C18H20ClNO4S/c1-22-13-6-4-12(10-14(13)23-2)5-9-18(21)20-11-15(24-3)16-7-8-17(19)25-16/h4-10,15H,11H2,1-3H3,(H,20,21)/b9-5+/t15-/m0/s1. The van der Waals surface area contributed by atoms with E-state index in [1.54, 1.807) is 39.5 Å². The predicted molar refractivity (Wildman–Crippen MR) is 101 cm³/mol. The van der Waals surface area contributed by atoms with E-state index in [1.807, 2.05) is 18.2 Å². The van der Waals surface area contributed by atoms with Crippen LogP contribution in [0.25, 0.3) is 6.08 Å². The number of nitrogens with one attached hydrogen (secondary N) is 1. The molecule has 0 unspecified atom stereocenters. The Kier molecular flexibility index (Phi) is 7.31. The Labute approximate surface area is 156 Å². The van der Waals surface area contributed by atoms with Crippen molar-refractivity contribution >= 4 is 34.9 Å². The van der Waals surface area contributed by atoms with Crippen LogP contribution in [0.4, 0.5) is 0 Å². The van der Waals surface area contributed by atoms with Gasteiger partial charge in [-0.25, -0.2) is 0 Å². The van der Waals surface area contributed by atoms with E-state index in [-0.39, 0.29) is 12.0 Å². The molecule has 2 rings (SSSR count). The zero-order valence-corrected chi connectivity index (χ0v) is 15.8. The number of ether oxygens (including phenoxy) is 3. The lowest BCUT2D eigenvalue weighted by molar-refractivity contribution is -0.117. The van der Waals surface area contributed by atoms with Crippen LogP contribution in [-0.4, -0.2) is 33.8 Å². The summed E-state index contributed by atoms with van der Waals surface area (Å²) in [5.41, 5.74) is 0.834. The second kappa shape index (κ2) is 9.46. The lowest BCUT2D eigenvalue weighted by atomic mass is 10.2. The number of amides is 1. The van der Waals surface area contributed by atoms with Gasteiger partial charge in [-0.15, -0.1) is 11.3 Å². The molecule has 0 aliphatic rings. The van der Waals surface area contributed by atoms with Crippen molar-refractivity contribution in [2.45, 2.75) is 6.10 Å². The Bertz CT molecular complexity index is 744. The first-order valence-corrected chi connectivity index (χ1v) is 8.72. The Morgan fingerprint density at radius 2 is 1.96 bits per heavy atom.